The molecule has 0 aromatic heterocycles. The van der Waals surface area contributed by atoms with Crippen molar-refractivity contribution in [2.75, 3.05) is 0 Å². The summed E-state index contributed by atoms with van der Waals surface area (Å²) >= 11 is 11.8. The number of hydrogen-bond donors (Lipinski definition) is 1. The Morgan fingerprint density at radius 3 is 2.78 bits per heavy atom. The third-order valence-corrected chi connectivity index (χ3v) is 4.00. The molecule has 1 N–H and O–H groups in total. The Bertz CT molecular complexity index is 447. The first kappa shape index (κ1) is 13.7. The number of amides is 1. The first-order chi connectivity index (χ1) is 8.56. The minimum Gasteiger partial charge on any atom is -0.349 e. The fraction of sp³-hybridized carbons (Fsp3) is 0.500. The van der Waals surface area contributed by atoms with E-state index < -0.39 is 0 Å². The summed E-state index contributed by atoms with van der Waals surface area (Å²) in [5.41, 5.74) is 0.499. The summed E-state index contributed by atoms with van der Waals surface area (Å²) in [5, 5.41) is 4.01. The van der Waals surface area contributed by atoms with E-state index in [0.29, 0.717) is 21.5 Å². The van der Waals surface area contributed by atoms with Crippen LogP contribution in [0.3, 0.4) is 0 Å². The summed E-state index contributed by atoms with van der Waals surface area (Å²) in [7, 11) is 0. The van der Waals surface area contributed by atoms with Gasteiger partial charge in [-0.3, -0.25) is 4.79 Å². The van der Waals surface area contributed by atoms with Gasteiger partial charge in [0.2, 0.25) is 0 Å². The van der Waals surface area contributed by atoms with Crippen LogP contribution in [0.15, 0.2) is 18.2 Å². The van der Waals surface area contributed by atoms with Crippen LogP contribution in [0, 0.1) is 5.92 Å². The summed E-state index contributed by atoms with van der Waals surface area (Å²) in [6.07, 6.45) is 4.55. The van der Waals surface area contributed by atoms with Gasteiger partial charge in [-0.15, -0.1) is 0 Å². The van der Waals surface area contributed by atoms with E-state index >= 15 is 0 Å². The van der Waals surface area contributed by atoms with E-state index in [0.717, 1.165) is 12.8 Å². The van der Waals surface area contributed by atoms with Gasteiger partial charge in [-0.2, -0.15) is 0 Å². The minimum absolute atomic E-state index is 0.101. The Balaban J connectivity index is 2.03. The first-order valence-electron chi connectivity index (χ1n) is 6.32. The number of carbonyl (C=O) groups excluding carboxylic acids is 1. The molecule has 2 rings (SSSR count). The van der Waals surface area contributed by atoms with Crippen molar-refractivity contribution < 1.29 is 4.79 Å². The predicted molar refractivity (Wildman–Crippen MR) is 75.3 cm³/mol. The molecule has 2 nitrogen and oxygen atoms in total. The van der Waals surface area contributed by atoms with Crippen LogP contribution in [-0.4, -0.2) is 11.9 Å². The topological polar surface area (TPSA) is 29.1 Å². The standard InChI is InChI=1S/C14H17Cl2NO/c1-9-3-2-4-11(7-9)17-14(18)12-6-5-10(15)8-13(12)16/h5-6,8-9,11H,2-4,7H2,1H3,(H,17,18)/t9-,11+/m0/s1. The Kier molecular flexibility index (Phi) is 4.52. The summed E-state index contributed by atoms with van der Waals surface area (Å²) in [6, 6.07) is 5.23. The molecule has 0 aliphatic heterocycles. The van der Waals surface area contributed by atoms with Gasteiger partial charge in [0.05, 0.1) is 10.6 Å². The van der Waals surface area contributed by atoms with E-state index in [2.05, 4.69) is 12.2 Å². The number of halogens is 2. The highest BCUT2D eigenvalue weighted by Gasteiger charge is 2.21. The monoisotopic (exact) mass is 285 g/mol. The second-order valence-corrected chi connectivity index (χ2v) is 5.91. The quantitative estimate of drug-likeness (QED) is 0.862. The van der Waals surface area contributed by atoms with Crippen LogP contribution in [-0.2, 0) is 0 Å². The smallest absolute Gasteiger partial charge is 0.253 e. The number of rotatable bonds is 2. The van der Waals surface area contributed by atoms with Gasteiger partial charge in [0, 0.05) is 11.1 Å². The Hall–Kier alpha value is -0.730. The SMILES string of the molecule is C[C@H]1CCC[C@@H](NC(=O)c2ccc(Cl)cc2Cl)C1. The van der Waals surface area contributed by atoms with Gasteiger partial charge < -0.3 is 5.32 Å². The molecule has 1 aromatic carbocycles. The molecule has 0 bridgehead atoms. The van der Waals surface area contributed by atoms with Crippen molar-refractivity contribution in [3.05, 3.63) is 33.8 Å². The predicted octanol–water partition coefficient (Wildman–Crippen LogP) is 4.30. The van der Waals surface area contributed by atoms with Crippen molar-refractivity contribution in [2.24, 2.45) is 5.92 Å². The van der Waals surface area contributed by atoms with E-state index in [-0.39, 0.29) is 11.9 Å². The third kappa shape index (κ3) is 3.39. The zero-order valence-corrected chi connectivity index (χ0v) is 11.9. The third-order valence-electron chi connectivity index (χ3n) is 3.45. The van der Waals surface area contributed by atoms with Crippen LogP contribution < -0.4 is 5.32 Å². The van der Waals surface area contributed by atoms with E-state index in [1.807, 2.05) is 0 Å². The molecule has 1 aliphatic rings. The maximum absolute atomic E-state index is 12.1. The van der Waals surface area contributed by atoms with Gasteiger partial charge in [-0.1, -0.05) is 43.0 Å². The molecule has 0 spiro atoms. The number of hydrogen-bond acceptors (Lipinski definition) is 1. The van der Waals surface area contributed by atoms with Crippen LogP contribution >= 0.6 is 23.2 Å². The van der Waals surface area contributed by atoms with Gasteiger partial charge in [0.15, 0.2) is 0 Å². The zero-order chi connectivity index (χ0) is 13.1. The summed E-state index contributed by atoms with van der Waals surface area (Å²) < 4.78 is 0. The normalized spacial score (nSPS) is 23.7. The fourth-order valence-corrected chi connectivity index (χ4v) is 3.00. The van der Waals surface area contributed by atoms with Crippen molar-refractivity contribution >= 4 is 29.1 Å². The van der Waals surface area contributed by atoms with E-state index in [9.17, 15) is 4.79 Å². The average Bonchev–Trinajstić information content (AvgIpc) is 2.28. The Morgan fingerprint density at radius 2 is 2.11 bits per heavy atom. The second kappa shape index (κ2) is 5.94. The van der Waals surface area contributed by atoms with E-state index in [4.69, 9.17) is 23.2 Å². The highest BCUT2D eigenvalue weighted by Crippen LogP contribution is 2.25. The lowest BCUT2D eigenvalue weighted by molar-refractivity contribution is 0.0921. The van der Waals surface area contributed by atoms with Crippen molar-refractivity contribution in [3.63, 3.8) is 0 Å². The number of benzene rings is 1. The van der Waals surface area contributed by atoms with Gasteiger partial charge in [0.1, 0.15) is 0 Å². The molecule has 4 heteroatoms. The zero-order valence-electron chi connectivity index (χ0n) is 10.4. The molecule has 1 amide bonds. The fourth-order valence-electron chi connectivity index (χ4n) is 2.50. The van der Waals surface area contributed by atoms with Crippen LogP contribution in [0.5, 0.6) is 0 Å². The van der Waals surface area contributed by atoms with Gasteiger partial charge in [-0.25, -0.2) is 0 Å². The van der Waals surface area contributed by atoms with E-state index in [1.54, 1.807) is 18.2 Å². The van der Waals surface area contributed by atoms with Crippen LogP contribution in [0.1, 0.15) is 43.0 Å². The van der Waals surface area contributed by atoms with Gasteiger partial charge >= 0.3 is 0 Å². The Morgan fingerprint density at radius 1 is 1.33 bits per heavy atom. The summed E-state index contributed by atoms with van der Waals surface area (Å²) in [4.78, 5) is 12.1. The highest BCUT2D eigenvalue weighted by atomic mass is 35.5. The van der Waals surface area contributed by atoms with Crippen molar-refractivity contribution in [1.29, 1.82) is 0 Å². The highest BCUT2D eigenvalue weighted by molar-refractivity contribution is 6.36. The lowest BCUT2D eigenvalue weighted by Gasteiger charge is -2.27. The molecule has 1 aromatic rings. The largest absolute Gasteiger partial charge is 0.349 e. The van der Waals surface area contributed by atoms with Crippen LogP contribution in [0.2, 0.25) is 10.0 Å². The number of nitrogens with one attached hydrogen (secondary N) is 1. The average molecular weight is 286 g/mol. The minimum atomic E-state index is -0.101. The maximum atomic E-state index is 12.1. The molecule has 0 saturated heterocycles. The van der Waals surface area contributed by atoms with Crippen molar-refractivity contribution in [2.45, 2.75) is 38.6 Å². The van der Waals surface area contributed by atoms with E-state index in [1.165, 1.54) is 12.8 Å². The molecular formula is C14H17Cl2NO. The van der Waals surface area contributed by atoms with Crippen molar-refractivity contribution in [3.8, 4) is 0 Å². The Labute approximate surface area is 118 Å². The van der Waals surface area contributed by atoms with Gasteiger partial charge in [-0.05, 0) is 37.0 Å². The molecule has 18 heavy (non-hydrogen) atoms. The summed E-state index contributed by atoms with van der Waals surface area (Å²) in [6.45, 7) is 2.23. The summed E-state index contributed by atoms with van der Waals surface area (Å²) in [5.74, 6) is 0.584. The molecule has 0 heterocycles. The lowest BCUT2D eigenvalue weighted by atomic mass is 9.87. The molecule has 0 radical (unpaired) electrons. The lowest BCUT2D eigenvalue weighted by Crippen LogP contribution is -2.38. The van der Waals surface area contributed by atoms with Crippen LogP contribution in [0.25, 0.3) is 0 Å². The molecule has 1 aliphatic carbocycles. The van der Waals surface area contributed by atoms with Crippen molar-refractivity contribution in [1.82, 2.24) is 5.32 Å². The van der Waals surface area contributed by atoms with Gasteiger partial charge in [0.25, 0.3) is 5.91 Å². The molecule has 1 fully saturated rings. The molecular weight excluding hydrogens is 269 g/mol. The number of carbonyl (C=O) groups is 1. The second-order valence-electron chi connectivity index (χ2n) is 5.07. The molecule has 1 saturated carbocycles. The molecule has 98 valence electrons. The molecule has 0 unspecified atom stereocenters. The first-order valence-corrected chi connectivity index (χ1v) is 7.08. The maximum Gasteiger partial charge on any atom is 0.253 e. The van der Waals surface area contributed by atoms with Crippen LogP contribution in [0.4, 0.5) is 0 Å². The molecule has 2 atom stereocenters.